The molecule has 0 fully saturated rings. The van der Waals surface area contributed by atoms with Crippen LogP contribution < -0.4 is 19.9 Å². The van der Waals surface area contributed by atoms with Crippen LogP contribution in [0.15, 0.2) is 12.1 Å². The third-order valence-corrected chi connectivity index (χ3v) is 2.22. The predicted octanol–water partition coefficient (Wildman–Crippen LogP) is 2.18. The van der Waals surface area contributed by atoms with Crippen LogP contribution in [0.5, 0.6) is 17.2 Å². The van der Waals surface area contributed by atoms with E-state index < -0.39 is 0 Å². The van der Waals surface area contributed by atoms with Crippen LogP contribution in [0.4, 0.5) is 5.69 Å². The summed E-state index contributed by atoms with van der Waals surface area (Å²) in [6.45, 7) is 3.03. The number of hydrogen-bond donors (Lipinski definition) is 1. The van der Waals surface area contributed by atoms with Gasteiger partial charge in [-0.1, -0.05) is 13.3 Å². The molecular formula is C11H15NO3. The van der Waals surface area contributed by atoms with Gasteiger partial charge in [0.05, 0.1) is 6.61 Å². The fraction of sp³-hybridized carbons (Fsp3) is 0.455. The monoisotopic (exact) mass is 209 g/mol. The number of hydrogen-bond acceptors (Lipinski definition) is 4. The van der Waals surface area contributed by atoms with Gasteiger partial charge in [0.15, 0.2) is 11.5 Å². The molecular weight excluding hydrogens is 194 g/mol. The van der Waals surface area contributed by atoms with Crippen molar-refractivity contribution in [2.24, 2.45) is 0 Å². The van der Waals surface area contributed by atoms with Crippen LogP contribution in [0.25, 0.3) is 0 Å². The second-order valence-electron chi connectivity index (χ2n) is 3.45. The van der Waals surface area contributed by atoms with Crippen molar-refractivity contribution in [3.63, 3.8) is 0 Å². The van der Waals surface area contributed by atoms with Crippen LogP contribution in [0.1, 0.15) is 19.8 Å². The van der Waals surface area contributed by atoms with Gasteiger partial charge in [0.1, 0.15) is 0 Å². The Balaban J connectivity index is 2.15. The number of ether oxygens (including phenoxy) is 3. The van der Waals surface area contributed by atoms with Crippen molar-refractivity contribution < 1.29 is 14.2 Å². The molecule has 0 bridgehead atoms. The Labute approximate surface area is 88.9 Å². The van der Waals surface area contributed by atoms with Crippen molar-refractivity contribution in [2.75, 3.05) is 19.1 Å². The van der Waals surface area contributed by atoms with Crippen LogP contribution in [0, 0.1) is 0 Å². The molecule has 15 heavy (non-hydrogen) atoms. The molecule has 2 rings (SSSR count). The third kappa shape index (κ3) is 2.09. The molecule has 1 heterocycles. The van der Waals surface area contributed by atoms with E-state index in [0.717, 1.165) is 12.8 Å². The summed E-state index contributed by atoms with van der Waals surface area (Å²) in [4.78, 5) is 0. The van der Waals surface area contributed by atoms with Crippen LogP contribution >= 0.6 is 0 Å². The van der Waals surface area contributed by atoms with E-state index in [4.69, 9.17) is 19.9 Å². The average molecular weight is 209 g/mol. The molecule has 1 aliphatic rings. The summed E-state index contributed by atoms with van der Waals surface area (Å²) in [7, 11) is 0. The molecule has 1 aliphatic heterocycles. The van der Waals surface area contributed by atoms with Crippen LogP contribution in [0.2, 0.25) is 0 Å². The minimum atomic E-state index is 0.239. The van der Waals surface area contributed by atoms with E-state index in [1.54, 1.807) is 12.1 Å². The summed E-state index contributed by atoms with van der Waals surface area (Å²) < 4.78 is 16.1. The molecule has 0 unspecified atom stereocenters. The summed E-state index contributed by atoms with van der Waals surface area (Å²) in [5, 5.41) is 0. The second-order valence-corrected chi connectivity index (χ2v) is 3.45. The van der Waals surface area contributed by atoms with Gasteiger partial charge in [-0.05, 0) is 6.42 Å². The quantitative estimate of drug-likeness (QED) is 0.610. The summed E-state index contributed by atoms with van der Waals surface area (Å²) >= 11 is 0. The zero-order chi connectivity index (χ0) is 10.7. The van der Waals surface area contributed by atoms with Gasteiger partial charge in [0.25, 0.3) is 0 Å². The summed E-state index contributed by atoms with van der Waals surface area (Å²) in [5.41, 5.74) is 6.35. The molecule has 82 valence electrons. The summed E-state index contributed by atoms with van der Waals surface area (Å²) in [5.74, 6) is 2.01. The number of benzene rings is 1. The molecule has 0 spiro atoms. The molecule has 4 nitrogen and oxygen atoms in total. The zero-order valence-electron chi connectivity index (χ0n) is 8.79. The van der Waals surface area contributed by atoms with Crippen LogP contribution in [-0.4, -0.2) is 13.4 Å². The average Bonchev–Trinajstić information content (AvgIpc) is 2.65. The lowest BCUT2D eigenvalue weighted by atomic mass is 10.2. The minimum Gasteiger partial charge on any atom is -0.489 e. The van der Waals surface area contributed by atoms with E-state index in [1.165, 1.54) is 0 Å². The first-order valence-corrected chi connectivity index (χ1v) is 5.13. The second kappa shape index (κ2) is 4.29. The number of rotatable bonds is 4. The standard InChI is InChI=1S/C11H15NO3/c1-2-3-4-13-9-5-8(12)6-10-11(9)15-7-14-10/h5-6H,2-4,7,12H2,1H3. The van der Waals surface area contributed by atoms with E-state index in [9.17, 15) is 0 Å². The number of unbranched alkanes of at least 4 members (excludes halogenated alkanes) is 1. The van der Waals surface area contributed by atoms with Gasteiger partial charge in [-0.2, -0.15) is 0 Å². The number of nitrogens with two attached hydrogens (primary N) is 1. The Bertz CT molecular complexity index is 352. The molecule has 1 aromatic rings. The topological polar surface area (TPSA) is 53.7 Å². The fourth-order valence-corrected chi connectivity index (χ4v) is 1.43. The maximum absolute atomic E-state index is 5.72. The van der Waals surface area contributed by atoms with Crippen LogP contribution in [0.3, 0.4) is 0 Å². The van der Waals surface area contributed by atoms with Gasteiger partial charge in [0, 0.05) is 17.8 Å². The normalized spacial score (nSPS) is 12.9. The maximum atomic E-state index is 5.72. The highest BCUT2D eigenvalue weighted by Gasteiger charge is 2.19. The van der Waals surface area contributed by atoms with Gasteiger partial charge in [0.2, 0.25) is 12.5 Å². The van der Waals surface area contributed by atoms with Gasteiger partial charge < -0.3 is 19.9 Å². The Morgan fingerprint density at radius 1 is 1.40 bits per heavy atom. The predicted molar refractivity (Wildman–Crippen MR) is 57.4 cm³/mol. The first kappa shape index (κ1) is 9.96. The Morgan fingerprint density at radius 2 is 2.27 bits per heavy atom. The minimum absolute atomic E-state index is 0.239. The van der Waals surface area contributed by atoms with E-state index in [0.29, 0.717) is 29.5 Å². The SMILES string of the molecule is CCCCOc1cc(N)cc2c1OCO2. The number of nitrogen functional groups attached to an aromatic ring is 1. The summed E-state index contributed by atoms with van der Waals surface area (Å²) in [6.07, 6.45) is 2.12. The molecule has 0 aliphatic carbocycles. The largest absolute Gasteiger partial charge is 0.489 e. The van der Waals surface area contributed by atoms with Gasteiger partial charge in [-0.3, -0.25) is 0 Å². The molecule has 1 aromatic carbocycles. The first-order valence-electron chi connectivity index (χ1n) is 5.13. The Hall–Kier alpha value is -1.58. The molecule has 0 amide bonds. The van der Waals surface area contributed by atoms with Crippen molar-refractivity contribution in [1.82, 2.24) is 0 Å². The smallest absolute Gasteiger partial charge is 0.231 e. The molecule has 2 N–H and O–H groups in total. The van der Waals surface area contributed by atoms with Gasteiger partial charge in [-0.15, -0.1) is 0 Å². The highest BCUT2D eigenvalue weighted by Crippen LogP contribution is 2.42. The lowest BCUT2D eigenvalue weighted by Crippen LogP contribution is -1.99. The fourth-order valence-electron chi connectivity index (χ4n) is 1.43. The highest BCUT2D eigenvalue weighted by molar-refractivity contribution is 5.61. The number of anilines is 1. The van der Waals surface area contributed by atoms with E-state index in [1.807, 2.05) is 0 Å². The molecule has 0 saturated heterocycles. The molecule has 0 saturated carbocycles. The Kier molecular flexibility index (Phi) is 2.85. The zero-order valence-corrected chi connectivity index (χ0v) is 8.79. The lowest BCUT2D eigenvalue weighted by Gasteiger charge is -2.08. The third-order valence-electron chi connectivity index (χ3n) is 2.22. The van der Waals surface area contributed by atoms with Crippen LogP contribution in [-0.2, 0) is 0 Å². The van der Waals surface area contributed by atoms with E-state index >= 15 is 0 Å². The summed E-state index contributed by atoms with van der Waals surface area (Å²) in [6, 6.07) is 3.51. The lowest BCUT2D eigenvalue weighted by molar-refractivity contribution is 0.169. The Morgan fingerprint density at radius 3 is 3.07 bits per heavy atom. The highest BCUT2D eigenvalue weighted by atomic mass is 16.7. The van der Waals surface area contributed by atoms with Gasteiger partial charge >= 0.3 is 0 Å². The first-order chi connectivity index (χ1) is 7.31. The molecule has 0 radical (unpaired) electrons. The number of fused-ring (bicyclic) bond motifs is 1. The maximum Gasteiger partial charge on any atom is 0.231 e. The van der Waals surface area contributed by atoms with E-state index in [2.05, 4.69) is 6.92 Å². The molecule has 0 atom stereocenters. The van der Waals surface area contributed by atoms with Crippen molar-refractivity contribution in [1.29, 1.82) is 0 Å². The van der Waals surface area contributed by atoms with E-state index in [-0.39, 0.29) is 6.79 Å². The molecule has 0 aromatic heterocycles. The van der Waals surface area contributed by atoms with Crippen molar-refractivity contribution in [3.05, 3.63) is 12.1 Å². The molecule has 4 heteroatoms. The van der Waals surface area contributed by atoms with Crippen molar-refractivity contribution in [3.8, 4) is 17.2 Å². The van der Waals surface area contributed by atoms with Crippen molar-refractivity contribution >= 4 is 5.69 Å². The van der Waals surface area contributed by atoms with Gasteiger partial charge in [-0.25, -0.2) is 0 Å². The van der Waals surface area contributed by atoms with Crippen molar-refractivity contribution in [2.45, 2.75) is 19.8 Å².